The van der Waals surface area contributed by atoms with Gasteiger partial charge >= 0.3 is 6.18 Å². The molecule has 3 aromatic carbocycles. The smallest absolute Gasteiger partial charge is 0.416 e. The Kier molecular flexibility index (Phi) is 13.4. The van der Waals surface area contributed by atoms with E-state index in [0.717, 1.165) is 17.7 Å². The third kappa shape index (κ3) is 10.7. The quantitative estimate of drug-likeness (QED) is 0.181. The van der Waals surface area contributed by atoms with E-state index in [1.165, 1.54) is 16.4 Å². The van der Waals surface area contributed by atoms with Crippen molar-refractivity contribution in [3.63, 3.8) is 0 Å². The fraction of sp³-hybridized carbons (Fsp3) is 0.375. The predicted molar refractivity (Wildman–Crippen MR) is 170 cm³/mol. The summed E-state index contributed by atoms with van der Waals surface area (Å²) in [5, 5.41) is 27.1. The number of aliphatic hydroxyl groups excluding tert-OH is 1. The number of amides is 1. The van der Waals surface area contributed by atoms with E-state index in [1.807, 2.05) is 37.3 Å². The van der Waals surface area contributed by atoms with Crippen LogP contribution in [0.5, 0.6) is 0 Å². The summed E-state index contributed by atoms with van der Waals surface area (Å²) in [7, 11) is -3.51. The van der Waals surface area contributed by atoms with Crippen LogP contribution in [0.3, 0.4) is 0 Å². The Labute approximate surface area is 266 Å². The van der Waals surface area contributed by atoms with Crippen molar-refractivity contribution < 1.29 is 41.4 Å². The number of carbonyl (C=O) groups is 2. The zero-order valence-corrected chi connectivity index (χ0v) is 26.2. The number of nitrogens with zero attached hydrogens (tertiary/aromatic N) is 1. The van der Waals surface area contributed by atoms with Crippen molar-refractivity contribution in [2.75, 3.05) is 35.0 Å². The maximum Gasteiger partial charge on any atom is 0.416 e. The number of anilines is 2. The van der Waals surface area contributed by atoms with Crippen molar-refractivity contribution >= 4 is 33.8 Å². The Morgan fingerprint density at radius 3 is 2.37 bits per heavy atom. The molecule has 1 aliphatic heterocycles. The fourth-order valence-corrected chi connectivity index (χ4v) is 6.66. The minimum Gasteiger partial charge on any atom is -0.483 e. The lowest BCUT2D eigenvalue weighted by Crippen LogP contribution is -2.48. The standard InChI is InChI=1S/C31H37F3N4O4S.CH2O2/c1-2-36-26-17-24(18-27(19-26)38-13-6-7-14-43(38,41)42)30(40)37-28(16-22-9-4-3-5-10-22)29(39)21-35-20-23-11-8-12-25(15-23)31(32,33)34;2-1-3/h3-5,8-12,15,17-19,28-29,35-36,39H,2,6-7,13-14,16,20-21H2,1H3,(H,37,40);1H,(H,2,3)/t28-,29+;/m0./s1. The molecule has 1 aliphatic rings. The average molecular weight is 665 g/mol. The van der Waals surface area contributed by atoms with E-state index in [2.05, 4.69) is 16.0 Å². The molecule has 46 heavy (non-hydrogen) atoms. The molecule has 14 heteroatoms. The first-order valence-electron chi connectivity index (χ1n) is 14.7. The molecule has 1 amide bonds. The molecule has 1 saturated heterocycles. The molecular formula is C32H39F3N4O6S. The summed E-state index contributed by atoms with van der Waals surface area (Å²) in [6.07, 6.45) is -3.96. The minimum absolute atomic E-state index is 0.00271. The van der Waals surface area contributed by atoms with Gasteiger partial charge in [0.05, 0.1) is 29.1 Å². The number of halogens is 3. The van der Waals surface area contributed by atoms with Crippen molar-refractivity contribution in [3.8, 4) is 0 Å². The van der Waals surface area contributed by atoms with Crippen molar-refractivity contribution in [1.29, 1.82) is 0 Å². The summed E-state index contributed by atoms with van der Waals surface area (Å²) >= 11 is 0. The number of sulfonamides is 1. The van der Waals surface area contributed by atoms with Gasteiger partial charge < -0.3 is 26.2 Å². The van der Waals surface area contributed by atoms with Gasteiger partial charge in [-0.2, -0.15) is 13.2 Å². The predicted octanol–water partition coefficient (Wildman–Crippen LogP) is 4.26. The lowest BCUT2D eigenvalue weighted by Gasteiger charge is -2.29. The monoisotopic (exact) mass is 664 g/mol. The normalized spacial score (nSPS) is 15.5. The molecule has 2 atom stereocenters. The van der Waals surface area contributed by atoms with Crippen LogP contribution in [0.2, 0.25) is 0 Å². The Balaban J connectivity index is 0.00000185. The van der Waals surface area contributed by atoms with Gasteiger partial charge in [-0.3, -0.25) is 13.9 Å². The molecule has 1 heterocycles. The summed E-state index contributed by atoms with van der Waals surface area (Å²) in [6.45, 7) is 2.62. The van der Waals surface area contributed by atoms with Crippen LogP contribution >= 0.6 is 0 Å². The van der Waals surface area contributed by atoms with Crippen LogP contribution in [0.25, 0.3) is 0 Å². The Morgan fingerprint density at radius 1 is 1.02 bits per heavy atom. The molecule has 10 nitrogen and oxygen atoms in total. The summed E-state index contributed by atoms with van der Waals surface area (Å²) in [4.78, 5) is 21.9. The number of carboxylic acid groups (broad SMARTS) is 1. The highest BCUT2D eigenvalue weighted by Crippen LogP contribution is 2.30. The second-order valence-corrected chi connectivity index (χ2v) is 12.7. The molecule has 3 aromatic rings. The van der Waals surface area contributed by atoms with Gasteiger partial charge in [-0.25, -0.2) is 8.42 Å². The molecule has 0 unspecified atom stereocenters. The number of hydrogen-bond acceptors (Lipinski definition) is 7. The minimum atomic E-state index is -4.46. The molecule has 0 saturated carbocycles. The molecule has 0 radical (unpaired) electrons. The van der Waals surface area contributed by atoms with Crippen molar-refractivity contribution in [1.82, 2.24) is 10.6 Å². The summed E-state index contributed by atoms with van der Waals surface area (Å²) in [5.74, 6) is -0.452. The Bertz CT molecular complexity index is 1540. The SMILES string of the molecule is CCNc1cc(C(=O)N[C@@H](Cc2ccccc2)[C@H](O)CNCc2cccc(C(F)(F)F)c2)cc(N2CCCCS2(=O)=O)c1.O=CO. The van der Waals surface area contributed by atoms with Gasteiger partial charge in [0, 0.05) is 37.4 Å². The molecule has 4 rings (SSSR count). The van der Waals surface area contributed by atoms with Crippen molar-refractivity contribution in [2.45, 2.75) is 51.1 Å². The fourth-order valence-electron chi connectivity index (χ4n) is 5.04. The molecule has 1 fully saturated rings. The van der Waals surface area contributed by atoms with E-state index < -0.39 is 39.8 Å². The highest BCUT2D eigenvalue weighted by molar-refractivity contribution is 7.92. The van der Waals surface area contributed by atoms with Gasteiger partial charge in [-0.05, 0) is 61.6 Å². The van der Waals surface area contributed by atoms with E-state index in [0.29, 0.717) is 49.3 Å². The van der Waals surface area contributed by atoms with E-state index in [9.17, 15) is 31.5 Å². The Hall–Kier alpha value is -4.14. The van der Waals surface area contributed by atoms with Crippen molar-refractivity contribution in [3.05, 3.63) is 95.1 Å². The molecule has 0 aromatic heterocycles. The zero-order chi connectivity index (χ0) is 33.7. The zero-order valence-electron chi connectivity index (χ0n) is 25.3. The van der Waals surface area contributed by atoms with E-state index >= 15 is 0 Å². The Morgan fingerprint density at radius 2 is 1.72 bits per heavy atom. The van der Waals surface area contributed by atoms with E-state index in [-0.39, 0.29) is 30.9 Å². The van der Waals surface area contributed by atoms with Crippen LogP contribution in [0.1, 0.15) is 46.8 Å². The number of benzene rings is 3. The first-order valence-corrected chi connectivity index (χ1v) is 16.4. The topological polar surface area (TPSA) is 148 Å². The number of alkyl halides is 3. The van der Waals surface area contributed by atoms with E-state index in [4.69, 9.17) is 9.90 Å². The number of rotatable bonds is 12. The number of aliphatic hydroxyl groups is 1. The first kappa shape index (κ1) is 36.3. The molecule has 5 N–H and O–H groups in total. The molecule has 250 valence electrons. The third-order valence-corrected chi connectivity index (χ3v) is 9.08. The van der Waals surface area contributed by atoms with E-state index in [1.54, 1.807) is 18.2 Å². The lowest BCUT2D eigenvalue weighted by molar-refractivity contribution is -0.137. The van der Waals surface area contributed by atoms with Crippen LogP contribution in [-0.4, -0.2) is 68.5 Å². The van der Waals surface area contributed by atoms with Crippen LogP contribution < -0.4 is 20.3 Å². The van der Waals surface area contributed by atoms with Gasteiger partial charge in [0.1, 0.15) is 0 Å². The molecule has 0 aliphatic carbocycles. The van der Waals surface area contributed by atoms with Gasteiger partial charge in [-0.1, -0.05) is 48.5 Å². The molecular weight excluding hydrogens is 625 g/mol. The summed E-state index contributed by atoms with van der Waals surface area (Å²) in [5.41, 5.74) is 1.74. The highest BCUT2D eigenvalue weighted by Gasteiger charge is 2.31. The molecule has 0 bridgehead atoms. The van der Waals surface area contributed by atoms with Gasteiger partial charge in [0.25, 0.3) is 12.4 Å². The number of hydrogen-bond donors (Lipinski definition) is 5. The first-order chi connectivity index (χ1) is 21.9. The van der Waals surface area contributed by atoms with Crippen LogP contribution in [0, 0.1) is 0 Å². The van der Waals surface area contributed by atoms with Gasteiger partial charge in [-0.15, -0.1) is 0 Å². The number of carbonyl (C=O) groups excluding carboxylic acids is 1. The maximum absolute atomic E-state index is 13.6. The summed E-state index contributed by atoms with van der Waals surface area (Å²) in [6, 6.07) is 18.4. The second-order valence-electron chi connectivity index (χ2n) is 10.7. The lowest BCUT2D eigenvalue weighted by atomic mass is 10.00. The van der Waals surface area contributed by atoms with Crippen LogP contribution in [-0.2, 0) is 34.0 Å². The highest BCUT2D eigenvalue weighted by atomic mass is 32.2. The van der Waals surface area contributed by atoms with Gasteiger partial charge in [0.2, 0.25) is 10.0 Å². The summed E-state index contributed by atoms with van der Waals surface area (Å²) < 4.78 is 66.2. The molecule has 0 spiro atoms. The average Bonchev–Trinajstić information content (AvgIpc) is 3.01. The van der Waals surface area contributed by atoms with Gasteiger partial charge in [0.15, 0.2) is 0 Å². The van der Waals surface area contributed by atoms with Crippen molar-refractivity contribution in [2.24, 2.45) is 0 Å². The number of nitrogens with one attached hydrogen (secondary N) is 3. The largest absolute Gasteiger partial charge is 0.483 e. The van der Waals surface area contributed by atoms with Crippen LogP contribution in [0.15, 0.2) is 72.8 Å². The third-order valence-electron chi connectivity index (χ3n) is 7.21. The maximum atomic E-state index is 13.6. The second kappa shape index (κ2) is 17.0. The van der Waals surface area contributed by atoms with Crippen LogP contribution in [0.4, 0.5) is 24.5 Å².